The van der Waals surface area contributed by atoms with Crippen LogP contribution in [0, 0.1) is 10.1 Å². The van der Waals surface area contributed by atoms with Gasteiger partial charge >= 0.3 is 0 Å². The monoisotopic (exact) mass is 305 g/mol. The number of carbonyl (C=O) groups excluding carboxylic acids is 1. The van der Waals surface area contributed by atoms with Crippen molar-refractivity contribution in [3.63, 3.8) is 0 Å². The van der Waals surface area contributed by atoms with Gasteiger partial charge in [-0.2, -0.15) is 0 Å². The van der Waals surface area contributed by atoms with Crippen molar-refractivity contribution in [3.8, 4) is 0 Å². The van der Waals surface area contributed by atoms with Crippen LogP contribution < -0.4 is 4.90 Å². The molecule has 2 atom stereocenters. The predicted molar refractivity (Wildman–Crippen MR) is 81.5 cm³/mol. The number of morpholine rings is 1. The highest BCUT2D eigenvalue weighted by atomic mass is 16.6. The Bertz CT molecular complexity index is 619. The lowest BCUT2D eigenvalue weighted by atomic mass is 10.1. The number of Topliss-reactive ketones (excluding diaryl/α,β-unsaturated/α-hetero) is 1. The molecule has 1 aromatic carbocycles. The van der Waals surface area contributed by atoms with E-state index in [4.69, 9.17) is 4.74 Å². The second-order valence-electron chi connectivity index (χ2n) is 5.88. The molecule has 0 amide bonds. The fraction of sp³-hybridized carbons (Fsp3) is 0.533. The Morgan fingerprint density at radius 2 is 2.18 bits per heavy atom. The highest BCUT2D eigenvalue weighted by Crippen LogP contribution is 2.34. The van der Waals surface area contributed by atoms with E-state index in [0.717, 1.165) is 6.54 Å². The van der Waals surface area contributed by atoms with Gasteiger partial charge in [0.05, 0.1) is 23.7 Å². The van der Waals surface area contributed by atoms with E-state index >= 15 is 0 Å². The van der Waals surface area contributed by atoms with Crippen molar-refractivity contribution in [1.29, 1.82) is 0 Å². The Morgan fingerprint density at radius 3 is 2.82 bits per heavy atom. The Labute approximate surface area is 128 Å². The molecule has 22 heavy (non-hydrogen) atoms. The second kappa shape index (κ2) is 5.66. The van der Waals surface area contributed by atoms with Gasteiger partial charge in [0.2, 0.25) is 0 Å². The number of ether oxygens (including phenoxy) is 1. The molecule has 2 heterocycles. The van der Waals surface area contributed by atoms with Crippen LogP contribution in [0.3, 0.4) is 0 Å². The number of carbonyl (C=O) groups is 1. The van der Waals surface area contributed by atoms with Gasteiger partial charge in [-0.1, -0.05) is 0 Å². The molecule has 0 bridgehead atoms. The summed E-state index contributed by atoms with van der Waals surface area (Å²) in [5, 5.41) is 11.4. The highest BCUT2D eigenvalue weighted by Gasteiger charge is 2.40. The van der Waals surface area contributed by atoms with E-state index < -0.39 is 4.92 Å². The second-order valence-corrected chi connectivity index (χ2v) is 5.88. The number of anilines is 1. The number of nitro benzene ring substituents is 1. The van der Waals surface area contributed by atoms with Gasteiger partial charge in [-0.15, -0.1) is 0 Å². The van der Waals surface area contributed by atoms with E-state index in [1.54, 1.807) is 12.1 Å². The molecule has 3 rings (SSSR count). The largest absolute Gasteiger partial charge is 0.373 e. The summed E-state index contributed by atoms with van der Waals surface area (Å²) in [5.74, 6) is -0.173. The Morgan fingerprint density at radius 1 is 1.41 bits per heavy atom. The standard InChI is InChI=1S/C15H19N3O4/c1-10(19)11-3-4-12(13(7-11)18(20)21)17-8-14-15(9-17)22-6-5-16(14)2/h3-4,7,14-15H,5-6,8-9H2,1-2H3. The molecule has 0 aliphatic carbocycles. The van der Waals surface area contributed by atoms with E-state index in [1.807, 2.05) is 4.90 Å². The van der Waals surface area contributed by atoms with Gasteiger partial charge in [0.25, 0.3) is 5.69 Å². The summed E-state index contributed by atoms with van der Waals surface area (Å²) in [7, 11) is 2.05. The molecule has 118 valence electrons. The number of rotatable bonds is 3. The van der Waals surface area contributed by atoms with Crippen LogP contribution in [0.2, 0.25) is 0 Å². The molecular formula is C15H19N3O4. The summed E-state index contributed by atoms with van der Waals surface area (Å²) < 4.78 is 5.78. The molecule has 2 saturated heterocycles. The molecule has 7 heteroatoms. The number of fused-ring (bicyclic) bond motifs is 1. The average molecular weight is 305 g/mol. The van der Waals surface area contributed by atoms with Gasteiger partial charge in [0.1, 0.15) is 5.69 Å². The Hall–Kier alpha value is -1.99. The van der Waals surface area contributed by atoms with Crippen LogP contribution in [0.4, 0.5) is 11.4 Å². The summed E-state index contributed by atoms with van der Waals surface area (Å²) in [6.45, 7) is 4.31. The van der Waals surface area contributed by atoms with Crippen LogP contribution >= 0.6 is 0 Å². The van der Waals surface area contributed by atoms with Crippen molar-refractivity contribution in [2.24, 2.45) is 0 Å². The zero-order valence-electron chi connectivity index (χ0n) is 12.7. The first-order valence-electron chi connectivity index (χ1n) is 7.33. The third-order valence-corrected chi connectivity index (χ3v) is 4.50. The van der Waals surface area contributed by atoms with Crippen LogP contribution in [0.5, 0.6) is 0 Å². The van der Waals surface area contributed by atoms with Crippen LogP contribution in [0.25, 0.3) is 0 Å². The number of hydrogen-bond acceptors (Lipinski definition) is 6. The number of nitro groups is 1. The molecule has 0 saturated carbocycles. The zero-order valence-corrected chi connectivity index (χ0v) is 12.7. The van der Waals surface area contributed by atoms with Crippen molar-refractivity contribution in [3.05, 3.63) is 33.9 Å². The maximum atomic E-state index is 11.4. The molecule has 2 fully saturated rings. The van der Waals surface area contributed by atoms with Crippen LogP contribution in [0.15, 0.2) is 18.2 Å². The molecule has 0 N–H and O–H groups in total. The smallest absolute Gasteiger partial charge is 0.293 e. The minimum atomic E-state index is -0.422. The summed E-state index contributed by atoms with van der Waals surface area (Å²) >= 11 is 0. The van der Waals surface area contributed by atoms with E-state index in [0.29, 0.717) is 30.9 Å². The molecule has 2 aliphatic rings. The number of likely N-dealkylation sites (N-methyl/N-ethyl adjacent to an activating group) is 1. The molecule has 7 nitrogen and oxygen atoms in total. The lowest BCUT2D eigenvalue weighted by molar-refractivity contribution is -0.384. The highest BCUT2D eigenvalue weighted by molar-refractivity contribution is 5.95. The normalized spacial score (nSPS) is 25.1. The fourth-order valence-electron chi connectivity index (χ4n) is 3.21. The van der Waals surface area contributed by atoms with Gasteiger partial charge in [-0.25, -0.2) is 0 Å². The third kappa shape index (κ3) is 2.57. The van der Waals surface area contributed by atoms with Gasteiger partial charge in [-0.05, 0) is 26.1 Å². The Kier molecular flexibility index (Phi) is 3.84. The van der Waals surface area contributed by atoms with Gasteiger partial charge < -0.3 is 9.64 Å². The first-order chi connectivity index (χ1) is 10.5. The van der Waals surface area contributed by atoms with Crippen molar-refractivity contribution in [2.75, 3.05) is 38.2 Å². The van der Waals surface area contributed by atoms with Gasteiger partial charge in [0, 0.05) is 31.3 Å². The van der Waals surface area contributed by atoms with Gasteiger partial charge in [-0.3, -0.25) is 19.8 Å². The minimum absolute atomic E-state index is 0.0194. The average Bonchev–Trinajstić information content (AvgIpc) is 2.92. The first kappa shape index (κ1) is 14.9. The molecule has 2 unspecified atom stereocenters. The summed E-state index contributed by atoms with van der Waals surface area (Å²) in [4.78, 5) is 26.6. The summed E-state index contributed by atoms with van der Waals surface area (Å²) in [5.41, 5.74) is 0.899. The summed E-state index contributed by atoms with van der Waals surface area (Å²) in [6.07, 6.45) is 0.0748. The van der Waals surface area contributed by atoms with Crippen molar-refractivity contribution in [2.45, 2.75) is 19.1 Å². The topological polar surface area (TPSA) is 75.9 Å². The predicted octanol–water partition coefficient (Wildman–Crippen LogP) is 1.32. The van der Waals surface area contributed by atoms with E-state index in [1.165, 1.54) is 13.0 Å². The minimum Gasteiger partial charge on any atom is -0.373 e. The van der Waals surface area contributed by atoms with E-state index in [-0.39, 0.29) is 23.6 Å². The lowest BCUT2D eigenvalue weighted by Crippen LogP contribution is -2.48. The maximum Gasteiger partial charge on any atom is 0.293 e. The number of ketones is 1. The maximum absolute atomic E-state index is 11.4. The van der Waals surface area contributed by atoms with Crippen LogP contribution in [0.1, 0.15) is 17.3 Å². The van der Waals surface area contributed by atoms with Crippen LogP contribution in [-0.2, 0) is 4.74 Å². The third-order valence-electron chi connectivity index (χ3n) is 4.50. The molecule has 0 spiro atoms. The molecule has 0 aromatic heterocycles. The summed E-state index contributed by atoms with van der Waals surface area (Å²) in [6, 6.07) is 4.94. The first-order valence-corrected chi connectivity index (χ1v) is 7.33. The molecule has 0 radical (unpaired) electrons. The van der Waals surface area contributed by atoms with Gasteiger partial charge in [0.15, 0.2) is 5.78 Å². The van der Waals surface area contributed by atoms with E-state index in [2.05, 4.69) is 11.9 Å². The van der Waals surface area contributed by atoms with Crippen LogP contribution in [-0.4, -0.2) is 61.0 Å². The number of nitrogens with zero attached hydrogens (tertiary/aromatic N) is 3. The lowest BCUT2D eigenvalue weighted by Gasteiger charge is -2.33. The zero-order chi connectivity index (χ0) is 15.9. The Balaban J connectivity index is 1.92. The van der Waals surface area contributed by atoms with E-state index in [9.17, 15) is 14.9 Å². The SMILES string of the molecule is CC(=O)c1ccc(N2CC3OCCN(C)C3C2)c([N+](=O)[O-])c1. The number of hydrogen-bond donors (Lipinski definition) is 0. The number of benzene rings is 1. The van der Waals surface area contributed by atoms with Crippen molar-refractivity contribution >= 4 is 17.2 Å². The van der Waals surface area contributed by atoms with Crippen molar-refractivity contribution < 1.29 is 14.5 Å². The van der Waals surface area contributed by atoms with Crippen molar-refractivity contribution in [1.82, 2.24) is 4.90 Å². The fourth-order valence-corrected chi connectivity index (χ4v) is 3.21. The molecular weight excluding hydrogens is 286 g/mol. The quantitative estimate of drug-likeness (QED) is 0.476. The molecule has 2 aliphatic heterocycles. The molecule has 1 aromatic rings.